The van der Waals surface area contributed by atoms with Gasteiger partial charge < -0.3 is 9.84 Å². The topological polar surface area (TPSA) is 46.5 Å². The van der Waals surface area contributed by atoms with Gasteiger partial charge in [-0.25, -0.2) is 0 Å². The first-order valence-corrected chi connectivity index (χ1v) is 6.89. The molecular weight excluding hydrogens is 248 g/mol. The van der Waals surface area contributed by atoms with Crippen LogP contribution in [0.1, 0.15) is 13.3 Å². The van der Waals surface area contributed by atoms with Crippen molar-refractivity contribution in [3.05, 3.63) is 30.3 Å². The van der Waals surface area contributed by atoms with Crippen molar-refractivity contribution in [3.63, 3.8) is 0 Å². The zero-order valence-electron chi connectivity index (χ0n) is 10.3. The van der Waals surface area contributed by atoms with Crippen molar-refractivity contribution in [2.45, 2.75) is 18.2 Å². The monoisotopic (exact) mass is 262 g/mol. The van der Waals surface area contributed by atoms with Crippen LogP contribution < -0.4 is 4.74 Å². The van der Waals surface area contributed by atoms with Crippen molar-refractivity contribution >= 4 is 28.5 Å². The van der Waals surface area contributed by atoms with Gasteiger partial charge in [-0.15, -0.1) is 11.8 Å². The van der Waals surface area contributed by atoms with Crippen LogP contribution in [0.15, 0.2) is 35.2 Å². The van der Waals surface area contributed by atoms with Crippen LogP contribution in [-0.4, -0.2) is 17.3 Å². The van der Waals surface area contributed by atoms with Gasteiger partial charge in [0.1, 0.15) is 11.5 Å². The van der Waals surface area contributed by atoms with Crippen LogP contribution in [0.2, 0.25) is 0 Å². The van der Waals surface area contributed by atoms with Crippen molar-refractivity contribution in [1.29, 1.82) is 0 Å². The normalized spacial score (nSPS) is 10.6. The van der Waals surface area contributed by atoms with E-state index in [0.29, 0.717) is 22.5 Å². The molecule has 0 saturated heterocycles. The number of aromatic hydroxyl groups is 1. The number of rotatable bonds is 3. The minimum atomic E-state index is -0.280. The van der Waals surface area contributed by atoms with E-state index in [-0.39, 0.29) is 11.7 Å². The molecule has 0 heterocycles. The van der Waals surface area contributed by atoms with E-state index in [9.17, 15) is 9.90 Å². The highest BCUT2D eigenvalue weighted by Gasteiger charge is 2.13. The van der Waals surface area contributed by atoms with E-state index in [1.165, 1.54) is 11.8 Å². The molecule has 0 aliphatic rings. The molecule has 4 heteroatoms. The average molecular weight is 262 g/mol. The van der Waals surface area contributed by atoms with Crippen molar-refractivity contribution < 1.29 is 14.6 Å². The highest BCUT2D eigenvalue weighted by Crippen LogP contribution is 2.40. The molecule has 0 atom stereocenters. The Labute approximate surface area is 110 Å². The quantitative estimate of drug-likeness (QED) is 0.521. The van der Waals surface area contributed by atoms with Crippen molar-refractivity contribution in [2.75, 3.05) is 6.26 Å². The number of esters is 1. The molecule has 0 aliphatic carbocycles. The number of phenols is 1. The first-order valence-electron chi connectivity index (χ1n) is 5.66. The largest absolute Gasteiger partial charge is 0.506 e. The maximum absolute atomic E-state index is 11.4. The minimum absolute atomic E-state index is 0.231. The van der Waals surface area contributed by atoms with E-state index in [1.54, 1.807) is 13.0 Å². The predicted octanol–water partition coefficient (Wildman–Crippen LogP) is 3.58. The lowest BCUT2D eigenvalue weighted by Crippen LogP contribution is -2.06. The summed E-state index contributed by atoms with van der Waals surface area (Å²) in [5, 5.41) is 11.5. The second kappa shape index (κ2) is 5.31. The van der Waals surface area contributed by atoms with Crippen molar-refractivity contribution in [2.24, 2.45) is 0 Å². The molecule has 1 N–H and O–H groups in total. The van der Waals surface area contributed by atoms with Crippen LogP contribution in [0.4, 0.5) is 0 Å². The van der Waals surface area contributed by atoms with Gasteiger partial charge in [0.15, 0.2) is 0 Å². The molecule has 0 fully saturated rings. The number of phenolic OH excluding ortho intramolecular Hbond substituents is 1. The number of ether oxygens (including phenoxy) is 1. The van der Waals surface area contributed by atoms with E-state index in [0.717, 1.165) is 5.39 Å². The van der Waals surface area contributed by atoms with Gasteiger partial charge in [-0.2, -0.15) is 0 Å². The minimum Gasteiger partial charge on any atom is -0.506 e. The Hall–Kier alpha value is -1.68. The van der Waals surface area contributed by atoms with Crippen LogP contribution in [-0.2, 0) is 4.79 Å². The van der Waals surface area contributed by atoms with Crippen molar-refractivity contribution in [3.8, 4) is 11.5 Å². The Morgan fingerprint density at radius 1 is 1.33 bits per heavy atom. The lowest BCUT2D eigenvalue weighted by molar-refractivity contribution is -0.133. The molecular formula is C14H14O3S. The lowest BCUT2D eigenvalue weighted by atomic mass is 10.1. The molecule has 2 aromatic rings. The molecule has 2 rings (SSSR count). The first kappa shape index (κ1) is 12.8. The number of hydrogen-bond acceptors (Lipinski definition) is 4. The molecule has 94 valence electrons. The molecule has 18 heavy (non-hydrogen) atoms. The van der Waals surface area contributed by atoms with Gasteiger partial charge in [-0.05, 0) is 12.3 Å². The van der Waals surface area contributed by atoms with Crippen molar-refractivity contribution in [1.82, 2.24) is 0 Å². The Morgan fingerprint density at radius 3 is 2.61 bits per heavy atom. The van der Waals surface area contributed by atoms with Crippen LogP contribution in [0.5, 0.6) is 11.5 Å². The Kier molecular flexibility index (Phi) is 3.77. The highest BCUT2D eigenvalue weighted by molar-refractivity contribution is 7.98. The van der Waals surface area contributed by atoms with Gasteiger partial charge in [0.25, 0.3) is 0 Å². The number of thioether (sulfide) groups is 1. The molecule has 0 spiro atoms. The number of carbonyl (C=O) groups excluding carboxylic acids is 1. The smallest absolute Gasteiger partial charge is 0.310 e. The molecule has 0 aliphatic heterocycles. The third-order valence-electron chi connectivity index (χ3n) is 2.68. The molecule has 0 bridgehead atoms. The molecule has 0 saturated carbocycles. The van der Waals surface area contributed by atoms with Gasteiger partial charge in [0.05, 0.1) is 4.90 Å². The summed E-state index contributed by atoms with van der Waals surface area (Å²) in [6.07, 6.45) is 2.19. The van der Waals surface area contributed by atoms with Gasteiger partial charge in [-0.3, -0.25) is 4.79 Å². The molecule has 0 radical (unpaired) electrons. The second-order valence-electron chi connectivity index (χ2n) is 3.80. The summed E-state index contributed by atoms with van der Waals surface area (Å²) in [7, 11) is 0. The number of fused-ring (bicyclic) bond motifs is 1. The van der Waals surface area contributed by atoms with Gasteiger partial charge >= 0.3 is 5.97 Å². The SMILES string of the molecule is CCC(=O)Oc1cc(SC)c(O)c2ccccc12. The molecule has 0 aromatic heterocycles. The maximum Gasteiger partial charge on any atom is 0.310 e. The van der Waals surface area contributed by atoms with E-state index in [1.807, 2.05) is 30.5 Å². The Balaban J connectivity index is 2.64. The molecule has 0 unspecified atom stereocenters. The number of benzene rings is 2. The molecule has 2 aromatic carbocycles. The predicted molar refractivity (Wildman–Crippen MR) is 73.3 cm³/mol. The first-order chi connectivity index (χ1) is 8.67. The van der Waals surface area contributed by atoms with E-state index in [2.05, 4.69) is 0 Å². The highest BCUT2D eigenvalue weighted by atomic mass is 32.2. The number of hydrogen-bond donors (Lipinski definition) is 1. The van der Waals surface area contributed by atoms with Crippen LogP contribution >= 0.6 is 11.8 Å². The fourth-order valence-electron chi connectivity index (χ4n) is 1.74. The Morgan fingerprint density at radius 2 is 2.00 bits per heavy atom. The fraction of sp³-hybridized carbons (Fsp3) is 0.214. The van der Waals surface area contributed by atoms with E-state index in [4.69, 9.17) is 4.74 Å². The molecule has 3 nitrogen and oxygen atoms in total. The summed E-state index contributed by atoms with van der Waals surface area (Å²) >= 11 is 1.42. The molecule has 0 amide bonds. The maximum atomic E-state index is 11.4. The van der Waals surface area contributed by atoms with Gasteiger partial charge in [0.2, 0.25) is 0 Å². The van der Waals surface area contributed by atoms with Gasteiger partial charge in [-0.1, -0.05) is 31.2 Å². The summed E-state index contributed by atoms with van der Waals surface area (Å²) in [5.74, 6) is 0.451. The summed E-state index contributed by atoms with van der Waals surface area (Å²) in [4.78, 5) is 12.1. The van der Waals surface area contributed by atoms with Gasteiger partial charge in [0, 0.05) is 17.2 Å². The van der Waals surface area contributed by atoms with E-state index >= 15 is 0 Å². The lowest BCUT2D eigenvalue weighted by Gasteiger charge is -2.11. The fourth-order valence-corrected chi connectivity index (χ4v) is 2.27. The number of carbonyl (C=O) groups is 1. The standard InChI is InChI=1S/C14H14O3S/c1-3-13(15)17-11-8-12(18-2)14(16)10-7-5-4-6-9(10)11/h4-8,16H,3H2,1-2H3. The van der Waals surface area contributed by atoms with Crippen LogP contribution in [0.25, 0.3) is 10.8 Å². The second-order valence-corrected chi connectivity index (χ2v) is 4.65. The third-order valence-corrected chi connectivity index (χ3v) is 3.43. The van der Waals surface area contributed by atoms with Crippen LogP contribution in [0, 0.1) is 0 Å². The summed E-state index contributed by atoms with van der Waals surface area (Å²) in [6.45, 7) is 1.75. The zero-order chi connectivity index (χ0) is 13.1. The Bertz CT molecular complexity index is 593. The summed E-state index contributed by atoms with van der Waals surface area (Å²) in [5.41, 5.74) is 0. The average Bonchev–Trinajstić information content (AvgIpc) is 2.41. The summed E-state index contributed by atoms with van der Waals surface area (Å²) in [6, 6.07) is 9.04. The third kappa shape index (κ3) is 2.29. The summed E-state index contributed by atoms with van der Waals surface area (Å²) < 4.78 is 5.31. The van der Waals surface area contributed by atoms with E-state index < -0.39 is 0 Å². The zero-order valence-corrected chi connectivity index (χ0v) is 11.1. The van der Waals surface area contributed by atoms with Crippen LogP contribution in [0.3, 0.4) is 0 Å².